The summed E-state index contributed by atoms with van der Waals surface area (Å²) in [4.78, 5) is 15.4. The summed E-state index contributed by atoms with van der Waals surface area (Å²) >= 11 is 0. The molecule has 0 radical (unpaired) electrons. The van der Waals surface area contributed by atoms with Crippen LogP contribution in [0.3, 0.4) is 0 Å². The normalized spacial score (nSPS) is 18.2. The Kier molecular flexibility index (Phi) is 6.95. The number of hydrogen-bond acceptors (Lipinski definition) is 6. The molecular weight excluding hydrogens is 521 g/mol. The zero-order valence-corrected chi connectivity index (χ0v) is 21.7. The van der Waals surface area contributed by atoms with Crippen LogP contribution in [-0.2, 0) is 22.9 Å². The number of rotatable bonds is 6. The summed E-state index contributed by atoms with van der Waals surface area (Å²) in [5.74, 6) is -2.16. The Labute approximate surface area is 218 Å². The first kappa shape index (κ1) is 26.2. The maximum Gasteiger partial charge on any atom is 0.316 e. The molecule has 8 nitrogen and oxygen atoms in total. The highest BCUT2D eigenvalue weighted by Gasteiger charge is 2.32. The number of ether oxygens (including phenoxy) is 1. The molecular formula is C26H27F3N4O4S. The highest BCUT2D eigenvalue weighted by molar-refractivity contribution is 7.89. The van der Waals surface area contributed by atoms with Crippen LogP contribution in [0.2, 0.25) is 0 Å². The van der Waals surface area contributed by atoms with Crippen LogP contribution in [0.5, 0.6) is 5.75 Å². The van der Waals surface area contributed by atoms with Crippen LogP contribution in [0.4, 0.5) is 18.9 Å². The predicted molar refractivity (Wildman–Crippen MR) is 136 cm³/mol. The molecule has 1 aliphatic heterocycles. The highest BCUT2D eigenvalue weighted by atomic mass is 32.2. The summed E-state index contributed by atoms with van der Waals surface area (Å²) in [6.07, 6.45) is 1.74. The minimum Gasteiger partial charge on any atom is -0.482 e. The highest BCUT2D eigenvalue weighted by Crippen LogP contribution is 2.31. The Balaban J connectivity index is 1.49. The summed E-state index contributed by atoms with van der Waals surface area (Å²) in [6, 6.07) is 7.17. The van der Waals surface area contributed by atoms with Gasteiger partial charge in [0.25, 0.3) is 0 Å². The molecule has 1 unspecified atom stereocenters. The molecule has 202 valence electrons. The van der Waals surface area contributed by atoms with Crippen molar-refractivity contribution >= 4 is 15.7 Å². The number of anilines is 1. The number of halogens is 3. The van der Waals surface area contributed by atoms with Gasteiger partial charge >= 0.3 is 5.56 Å². The number of fused-ring (bicyclic) bond motifs is 1. The SMILES string of the molecule is CC(C)S(=O)(=O)N1CCN(c2cnn(-c3cc(F)cc(F)c3)c(=O)c2OC2Cc3ccc(F)cc3C2)CC1. The minimum absolute atomic E-state index is 0.0666. The van der Waals surface area contributed by atoms with Gasteiger partial charge in [-0.1, -0.05) is 6.07 Å². The molecule has 2 aliphatic rings. The topological polar surface area (TPSA) is 84.7 Å². The zero-order valence-electron chi connectivity index (χ0n) is 20.9. The predicted octanol–water partition coefficient (Wildman–Crippen LogP) is 3.06. The monoisotopic (exact) mass is 548 g/mol. The van der Waals surface area contributed by atoms with E-state index in [0.29, 0.717) is 24.6 Å². The first-order chi connectivity index (χ1) is 18.0. The zero-order chi connectivity index (χ0) is 27.2. The molecule has 1 atom stereocenters. The van der Waals surface area contributed by atoms with Crippen molar-refractivity contribution in [2.75, 3.05) is 31.1 Å². The van der Waals surface area contributed by atoms with Crippen molar-refractivity contribution in [1.29, 1.82) is 0 Å². The van der Waals surface area contributed by atoms with Crippen molar-refractivity contribution in [2.45, 2.75) is 38.0 Å². The average Bonchev–Trinajstić information content (AvgIpc) is 3.26. The van der Waals surface area contributed by atoms with Gasteiger partial charge in [-0.15, -0.1) is 0 Å². The van der Waals surface area contributed by atoms with Crippen molar-refractivity contribution in [3.63, 3.8) is 0 Å². The van der Waals surface area contributed by atoms with Crippen LogP contribution in [-0.4, -0.2) is 60.0 Å². The molecule has 1 saturated heterocycles. The van der Waals surface area contributed by atoms with Crippen LogP contribution >= 0.6 is 0 Å². The fourth-order valence-corrected chi connectivity index (χ4v) is 6.16. The lowest BCUT2D eigenvalue weighted by Gasteiger charge is -2.36. The molecule has 12 heteroatoms. The van der Waals surface area contributed by atoms with Gasteiger partial charge in [-0.05, 0) is 49.2 Å². The van der Waals surface area contributed by atoms with Gasteiger partial charge in [0.2, 0.25) is 15.8 Å². The van der Waals surface area contributed by atoms with E-state index < -0.39 is 38.6 Å². The molecule has 1 fully saturated rings. The molecule has 3 aromatic rings. The van der Waals surface area contributed by atoms with Crippen molar-refractivity contribution in [1.82, 2.24) is 14.1 Å². The molecule has 5 rings (SSSR count). The largest absolute Gasteiger partial charge is 0.482 e. The van der Waals surface area contributed by atoms with E-state index in [1.54, 1.807) is 19.9 Å². The van der Waals surface area contributed by atoms with Crippen molar-refractivity contribution in [3.8, 4) is 11.4 Å². The molecule has 1 aromatic heterocycles. The van der Waals surface area contributed by atoms with Gasteiger partial charge in [0, 0.05) is 45.1 Å². The summed E-state index contributed by atoms with van der Waals surface area (Å²) in [5.41, 5.74) is 1.23. The lowest BCUT2D eigenvalue weighted by atomic mass is 10.1. The average molecular weight is 549 g/mol. The Hall–Kier alpha value is -3.38. The second-order valence-corrected chi connectivity index (χ2v) is 12.2. The van der Waals surface area contributed by atoms with Crippen LogP contribution in [0.25, 0.3) is 5.69 Å². The smallest absolute Gasteiger partial charge is 0.316 e. The molecule has 0 bridgehead atoms. The Bertz CT molecular complexity index is 1520. The van der Waals surface area contributed by atoms with E-state index in [1.165, 1.54) is 22.6 Å². The van der Waals surface area contributed by atoms with Gasteiger partial charge in [0.05, 0.1) is 17.1 Å². The molecule has 0 amide bonds. The van der Waals surface area contributed by atoms with Gasteiger partial charge < -0.3 is 9.64 Å². The number of sulfonamides is 1. The quantitative estimate of drug-likeness (QED) is 0.471. The summed E-state index contributed by atoms with van der Waals surface area (Å²) in [7, 11) is -3.44. The third-order valence-electron chi connectivity index (χ3n) is 6.89. The van der Waals surface area contributed by atoms with Gasteiger partial charge in [0.1, 0.15) is 29.2 Å². The minimum atomic E-state index is -3.44. The maximum atomic E-state index is 13.9. The van der Waals surface area contributed by atoms with Crippen molar-refractivity contribution in [3.05, 3.63) is 81.5 Å². The first-order valence-electron chi connectivity index (χ1n) is 12.3. The fourth-order valence-electron chi connectivity index (χ4n) is 4.89. The van der Waals surface area contributed by atoms with E-state index in [9.17, 15) is 26.4 Å². The second-order valence-electron chi connectivity index (χ2n) is 9.74. The number of benzene rings is 2. The van der Waals surface area contributed by atoms with Gasteiger partial charge in [-0.25, -0.2) is 21.6 Å². The van der Waals surface area contributed by atoms with E-state index in [1.807, 2.05) is 4.90 Å². The van der Waals surface area contributed by atoms with E-state index in [4.69, 9.17) is 4.74 Å². The summed E-state index contributed by atoms with van der Waals surface area (Å²) < 4.78 is 75.3. The molecule has 1 aliphatic carbocycles. The Morgan fingerprint density at radius 3 is 2.24 bits per heavy atom. The number of aromatic nitrogens is 2. The summed E-state index contributed by atoms with van der Waals surface area (Å²) in [6.45, 7) is 4.25. The van der Waals surface area contributed by atoms with E-state index >= 15 is 0 Å². The maximum absolute atomic E-state index is 13.9. The molecule has 0 spiro atoms. The van der Waals surface area contributed by atoms with Crippen LogP contribution in [0.15, 0.2) is 47.4 Å². The molecule has 0 N–H and O–H groups in total. The molecule has 2 aromatic carbocycles. The lowest BCUT2D eigenvalue weighted by Crippen LogP contribution is -2.50. The Morgan fingerprint density at radius 2 is 1.58 bits per heavy atom. The molecule has 38 heavy (non-hydrogen) atoms. The van der Waals surface area contributed by atoms with E-state index in [2.05, 4.69) is 5.10 Å². The van der Waals surface area contributed by atoms with Crippen molar-refractivity contribution in [2.24, 2.45) is 0 Å². The fraction of sp³-hybridized carbons (Fsp3) is 0.385. The van der Waals surface area contributed by atoms with Gasteiger partial charge in [-0.2, -0.15) is 14.1 Å². The number of hydrogen-bond donors (Lipinski definition) is 0. The van der Waals surface area contributed by atoms with Gasteiger partial charge in [-0.3, -0.25) is 4.79 Å². The first-order valence-corrected chi connectivity index (χ1v) is 13.8. The van der Waals surface area contributed by atoms with Gasteiger partial charge in [0.15, 0.2) is 0 Å². The van der Waals surface area contributed by atoms with Crippen LogP contribution in [0, 0.1) is 17.5 Å². The molecule has 2 heterocycles. The second kappa shape index (κ2) is 10.1. The third-order valence-corrected chi connectivity index (χ3v) is 9.17. The van der Waals surface area contributed by atoms with Crippen molar-refractivity contribution < 1.29 is 26.3 Å². The van der Waals surface area contributed by atoms with E-state index in [-0.39, 0.29) is 43.4 Å². The summed E-state index contributed by atoms with van der Waals surface area (Å²) in [5, 5.41) is 3.60. The molecule has 0 saturated carbocycles. The van der Waals surface area contributed by atoms with Crippen LogP contribution in [0.1, 0.15) is 25.0 Å². The van der Waals surface area contributed by atoms with Crippen LogP contribution < -0.4 is 15.2 Å². The third kappa shape index (κ3) is 5.02. The lowest BCUT2D eigenvalue weighted by molar-refractivity contribution is 0.209. The number of nitrogens with zero attached hydrogens (tertiary/aromatic N) is 4. The number of piperazine rings is 1. The standard InChI is InChI=1S/C26H27F3N4O4S/c1-16(2)38(35,36)32-7-5-31(6-8-32)24-15-30-33(22-13-20(28)12-21(29)14-22)26(34)25(24)37-23-10-17-3-4-19(27)9-18(17)11-23/h3-4,9,12-16,23H,5-8,10-11H2,1-2H3. The van der Waals surface area contributed by atoms with E-state index in [0.717, 1.165) is 27.9 Å². The Morgan fingerprint density at radius 1 is 0.921 bits per heavy atom.